The van der Waals surface area contributed by atoms with Crippen LogP contribution in [0, 0.1) is 5.92 Å². The Labute approximate surface area is 174 Å². The zero-order valence-corrected chi connectivity index (χ0v) is 17.3. The lowest BCUT2D eigenvalue weighted by Crippen LogP contribution is -2.62. The Balaban J connectivity index is 1.36. The monoisotopic (exact) mass is 422 g/mol. The second-order valence-electron chi connectivity index (χ2n) is 8.72. The molecule has 0 bridgehead atoms. The third kappa shape index (κ3) is 4.26. The zero-order valence-electron chi connectivity index (χ0n) is 17.3. The Morgan fingerprint density at radius 1 is 1.23 bits per heavy atom. The van der Waals surface area contributed by atoms with Crippen LogP contribution in [0.4, 0.5) is 13.6 Å². The van der Waals surface area contributed by atoms with Gasteiger partial charge in [-0.15, -0.1) is 0 Å². The van der Waals surface area contributed by atoms with Gasteiger partial charge in [-0.05, 0) is 30.9 Å². The van der Waals surface area contributed by atoms with E-state index in [0.717, 1.165) is 19.0 Å². The molecule has 7 nitrogen and oxygen atoms in total. The molecule has 9 heteroatoms. The van der Waals surface area contributed by atoms with Crippen molar-refractivity contribution in [3.05, 3.63) is 29.6 Å². The van der Waals surface area contributed by atoms with Gasteiger partial charge in [-0.3, -0.25) is 9.78 Å². The van der Waals surface area contributed by atoms with Gasteiger partial charge in [0.1, 0.15) is 6.61 Å². The van der Waals surface area contributed by atoms with Crippen LogP contribution in [0.5, 0.6) is 0 Å². The fraction of sp³-hybridized carbons (Fsp3) is 0.667. The molecule has 1 aromatic heterocycles. The maximum absolute atomic E-state index is 13.4. The number of nitrogens with one attached hydrogen (secondary N) is 1. The summed E-state index contributed by atoms with van der Waals surface area (Å²) in [6.45, 7) is 5.26. The Morgan fingerprint density at radius 3 is 2.63 bits per heavy atom. The number of rotatable bonds is 2. The summed E-state index contributed by atoms with van der Waals surface area (Å²) >= 11 is 0. The highest BCUT2D eigenvalue weighted by molar-refractivity contribution is 5.79. The van der Waals surface area contributed by atoms with Crippen molar-refractivity contribution < 1.29 is 23.1 Å². The number of halogens is 2. The van der Waals surface area contributed by atoms with Crippen LogP contribution < -0.4 is 5.32 Å². The molecule has 3 aliphatic heterocycles. The van der Waals surface area contributed by atoms with Gasteiger partial charge in [-0.25, -0.2) is 13.6 Å². The Kier molecular flexibility index (Phi) is 5.65. The number of alkyl halides is 2. The third-order valence-electron chi connectivity index (χ3n) is 6.44. The van der Waals surface area contributed by atoms with Crippen molar-refractivity contribution in [3.8, 4) is 0 Å². The number of piperidine rings is 2. The first-order chi connectivity index (χ1) is 14.2. The molecule has 4 atom stereocenters. The van der Waals surface area contributed by atoms with Crippen molar-refractivity contribution in [2.24, 2.45) is 5.92 Å². The molecule has 1 N–H and O–H groups in total. The third-order valence-corrected chi connectivity index (χ3v) is 6.44. The van der Waals surface area contributed by atoms with Crippen molar-refractivity contribution in [1.82, 2.24) is 20.1 Å². The number of fused-ring (bicyclic) bond motifs is 1. The first-order valence-corrected chi connectivity index (χ1v) is 10.5. The van der Waals surface area contributed by atoms with E-state index in [9.17, 15) is 18.4 Å². The lowest BCUT2D eigenvalue weighted by molar-refractivity contribution is -0.139. The number of morpholine rings is 1. The molecule has 2 unspecified atom stereocenters. The number of nitrogens with zero attached hydrogens (tertiary/aromatic N) is 3. The summed E-state index contributed by atoms with van der Waals surface area (Å²) in [5, 5.41) is 2.92. The van der Waals surface area contributed by atoms with E-state index >= 15 is 0 Å². The van der Waals surface area contributed by atoms with E-state index in [1.54, 1.807) is 11.0 Å². The molecule has 30 heavy (non-hydrogen) atoms. The lowest BCUT2D eigenvalue weighted by Gasteiger charge is -2.44. The highest BCUT2D eigenvalue weighted by atomic mass is 19.3. The van der Waals surface area contributed by atoms with Crippen LogP contribution in [0.1, 0.15) is 43.9 Å². The van der Waals surface area contributed by atoms with E-state index in [0.29, 0.717) is 32.6 Å². The average molecular weight is 422 g/mol. The minimum atomic E-state index is -2.90. The topological polar surface area (TPSA) is 74.8 Å². The number of amides is 3. The maximum atomic E-state index is 13.4. The van der Waals surface area contributed by atoms with E-state index in [1.165, 1.54) is 12.3 Å². The van der Waals surface area contributed by atoms with E-state index in [1.807, 2.05) is 4.90 Å². The average Bonchev–Trinajstić information content (AvgIpc) is 2.72. The molecule has 0 spiro atoms. The number of carbonyl (C=O) groups excluding carboxylic acids is 2. The van der Waals surface area contributed by atoms with Crippen LogP contribution >= 0.6 is 0 Å². The molecule has 3 fully saturated rings. The van der Waals surface area contributed by atoms with Crippen LogP contribution in [0.3, 0.4) is 0 Å². The quantitative estimate of drug-likeness (QED) is 0.794. The molecule has 0 saturated carbocycles. The summed E-state index contributed by atoms with van der Waals surface area (Å²) in [4.78, 5) is 32.6. The molecule has 3 saturated heterocycles. The second-order valence-corrected chi connectivity index (χ2v) is 8.72. The van der Waals surface area contributed by atoms with Gasteiger partial charge in [0.05, 0.1) is 12.1 Å². The van der Waals surface area contributed by atoms with Gasteiger partial charge < -0.3 is 19.9 Å². The molecule has 4 heterocycles. The van der Waals surface area contributed by atoms with Crippen molar-refractivity contribution >= 4 is 11.9 Å². The number of aromatic nitrogens is 1. The van der Waals surface area contributed by atoms with E-state index < -0.39 is 5.92 Å². The second kappa shape index (κ2) is 8.09. The number of hydrogen-bond donors (Lipinski definition) is 1. The number of urea groups is 1. The number of pyridine rings is 1. The van der Waals surface area contributed by atoms with Crippen molar-refractivity contribution in [2.45, 2.75) is 50.7 Å². The summed E-state index contributed by atoms with van der Waals surface area (Å²) in [6.07, 6.45) is 2.67. The number of ether oxygens (including phenoxy) is 1. The van der Waals surface area contributed by atoms with Crippen LogP contribution in [-0.2, 0) is 15.5 Å². The van der Waals surface area contributed by atoms with Gasteiger partial charge in [0, 0.05) is 56.5 Å². The molecule has 3 aliphatic rings. The molecule has 0 radical (unpaired) electrons. The SMILES string of the molecule is CC1CN(C(=O)N2CC[C@@H]3OCC(=O)N[C@@H]3C2)CCC1c1ccc(C(C)(F)F)cn1. The Morgan fingerprint density at radius 2 is 1.97 bits per heavy atom. The van der Waals surface area contributed by atoms with Crippen LogP contribution in [-0.4, -0.2) is 71.7 Å². The summed E-state index contributed by atoms with van der Waals surface area (Å²) < 4.78 is 32.4. The summed E-state index contributed by atoms with van der Waals surface area (Å²) in [6, 6.07) is 2.95. The fourth-order valence-corrected chi connectivity index (χ4v) is 4.72. The zero-order chi connectivity index (χ0) is 21.5. The number of carbonyl (C=O) groups is 2. The van der Waals surface area contributed by atoms with Gasteiger partial charge in [0.25, 0.3) is 5.92 Å². The van der Waals surface area contributed by atoms with Crippen LogP contribution in [0.15, 0.2) is 18.3 Å². The van der Waals surface area contributed by atoms with Crippen molar-refractivity contribution in [1.29, 1.82) is 0 Å². The normalized spacial score (nSPS) is 29.9. The Hall–Kier alpha value is -2.29. The fourth-order valence-electron chi connectivity index (χ4n) is 4.72. The summed E-state index contributed by atoms with van der Waals surface area (Å²) in [7, 11) is 0. The molecule has 1 aromatic rings. The molecule has 4 rings (SSSR count). The molecular formula is C21H28F2N4O3. The minimum Gasteiger partial charge on any atom is -0.366 e. The van der Waals surface area contributed by atoms with Gasteiger partial charge >= 0.3 is 6.03 Å². The highest BCUT2D eigenvalue weighted by Gasteiger charge is 2.39. The molecule has 164 valence electrons. The Bertz CT molecular complexity index is 798. The van der Waals surface area contributed by atoms with Crippen molar-refractivity contribution in [3.63, 3.8) is 0 Å². The van der Waals surface area contributed by atoms with Crippen LogP contribution in [0.2, 0.25) is 0 Å². The smallest absolute Gasteiger partial charge is 0.320 e. The van der Waals surface area contributed by atoms with Gasteiger partial charge in [0.2, 0.25) is 5.91 Å². The number of hydrogen-bond acceptors (Lipinski definition) is 4. The predicted octanol–water partition coefficient (Wildman–Crippen LogP) is 2.33. The van der Waals surface area contributed by atoms with Gasteiger partial charge in [0.15, 0.2) is 0 Å². The maximum Gasteiger partial charge on any atom is 0.320 e. The summed E-state index contributed by atoms with van der Waals surface area (Å²) in [5.41, 5.74) is 0.708. The first kappa shape index (κ1) is 21.0. The molecule has 0 aliphatic carbocycles. The summed E-state index contributed by atoms with van der Waals surface area (Å²) in [5.74, 6) is -2.74. The van der Waals surface area contributed by atoms with E-state index in [4.69, 9.17) is 4.74 Å². The largest absolute Gasteiger partial charge is 0.366 e. The van der Waals surface area contributed by atoms with Crippen LogP contribution in [0.25, 0.3) is 0 Å². The van der Waals surface area contributed by atoms with Gasteiger partial charge in [-0.2, -0.15) is 0 Å². The lowest BCUT2D eigenvalue weighted by atomic mass is 9.84. The van der Waals surface area contributed by atoms with E-state index in [-0.39, 0.29) is 48.1 Å². The first-order valence-electron chi connectivity index (χ1n) is 10.5. The molecule has 3 amide bonds. The van der Waals surface area contributed by atoms with Crippen molar-refractivity contribution in [2.75, 3.05) is 32.8 Å². The van der Waals surface area contributed by atoms with Gasteiger partial charge in [-0.1, -0.05) is 6.92 Å². The standard InChI is InChI=1S/C21H28F2N4O3/c1-13-10-26(7-5-15(13)16-4-3-14(9-24-16)21(2,22)23)20(29)27-8-6-18-17(11-27)25-19(28)12-30-18/h3-4,9,13,15,17-18H,5-8,10-12H2,1-2H3,(H,25,28)/t13?,15?,17-,18+/m1/s1. The number of likely N-dealkylation sites (tertiary alicyclic amines) is 2. The predicted molar refractivity (Wildman–Crippen MR) is 105 cm³/mol. The van der Waals surface area contributed by atoms with E-state index in [2.05, 4.69) is 17.2 Å². The molecular weight excluding hydrogens is 394 g/mol. The molecule has 0 aromatic carbocycles. The minimum absolute atomic E-state index is 0.0208. The highest BCUT2D eigenvalue weighted by Crippen LogP contribution is 2.34.